The SMILES string of the molecule is CNC(C)C(C)OCCCOCCOC. The molecule has 0 aliphatic rings. The molecule has 0 radical (unpaired) electrons. The fourth-order valence-electron chi connectivity index (χ4n) is 1.05. The van der Waals surface area contributed by atoms with Gasteiger partial charge in [0.2, 0.25) is 0 Å². The molecule has 4 heteroatoms. The van der Waals surface area contributed by atoms with Crippen molar-refractivity contribution in [2.45, 2.75) is 32.4 Å². The molecule has 2 atom stereocenters. The Morgan fingerprint density at radius 2 is 1.80 bits per heavy atom. The minimum atomic E-state index is 0.244. The zero-order valence-corrected chi connectivity index (χ0v) is 10.4. The molecule has 0 amide bonds. The van der Waals surface area contributed by atoms with E-state index in [1.165, 1.54) is 0 Å². The van der Waals surface area contributed by atoms with Crippen molar-refractivity contribution in [2.24, 2.45) is 0 Å². The molecule has 2 unspecified atom stereocenters. The van der Waals surface area contributed by atoms with Crippen LogP contribution in [0, 0.1) is 0 Å². The van der Waals surface area contributed by atoms with Gasteiger partial charge in [-0.1, -0.05) is 0 Å². The zero-order valence-electron chi connectivity index (χ0n) is 10.4. The summed E-state index contributed by atoms with van der Waals surface area (Å²) < 4.78 is 15.8. The van der Waals surface area contributed by atoms with E-state index >= 15 is 0 Å². The van der Waals surface area contributed by atoms with Gasteiger partial charge < -0.3 is 19.5 Å². The van der Waals surface area contributed by atoms with E-state index < -0.39 is 0 Å². The predicted molar refractivity (Wildman–Crippen MR) is 61.2 cm³/mol. The third-order valence-corrected chi connectivity index (χ3v) is 2.41. The molecule has 0 spiro atoms. The van der Waals surface area contributed by atoms with Gasteiger partial charge in [0.15, 0.2) is 0 Å². The number of hydrogen-bond donors (Lipinski definition) is 1. The molecular formula is C11H25NO3. The molecule has 0 fully saturated rings. The van der Waals surface area contributed by atoms with Gasteiger partial charge in [-0.25, -0.2) is 0 Å². The average molecular weight is 219 g/mol. The van der Waals surface area contributed by atoms with Crippen molar-refractivity contribution >= 4 is 0 Å². The van der Waals surface area contributed by atoms with Crippen molar-refractivity contribution in [3.63, 3.8) is 0 Å². The van der Waals surface area contributed by atoms with Gasteiger partial charge in [-0.3, -0.25) is 0 Å². The summed E-state index contributed by atoms with van der Waals surface area (Å²) in [4.78, 5) is 0. The first-order valence-corrected chi connectivity index (χ1v) is 5.58. The van der Waals surface area contributed by atoms with Crippen LogP contribution >= 0.6 is 0 Å². The largest absolute Gasteiger partial charge is 0.382 e. The summed E-state index contributed by atoms with van der Waals surface area (Å²) in [6, 6.07) is 0.388. The Bertz CT molecular complexity index is 133. The fraction of sp³-hybridized carbons (Fsp3) is 1.00. The molecule has 0 aromatic heterocycles. The van der Waals surface area contributed by atoms with E-state index in [0.29, 0.717) is 19.3 Å². The molecule has 1 N–H and O–H groups in total. The minimum absolute atomic E-state index is 0.244. The topological polar surface area (TPSA) is 39.7 Å². The Labute approximate surface area is 93.3 Å². The van der Waals surface area contributed by atoms with Crippen LogP contribution in [-0.2, 0) is 14.2 Å². The Balaban J connectivity index is 3.16. The summed E-state index contributed by atoms with van der Waals surface area (Å²) >= 11 is 0. The number of nitrogens with one attached hydrogen (secondary N) is 1. The quantitative estimate of drug-likeness (QED) is 0.558. The van der Waals surface area contributed by atoms with Gasteiger partial charge in [0.1, 0.15) is 0 Å². The van der Waals surface area contributed by atoms with Crippen LogP contribution in [0.25, 0.3) is 0 Å². The summed E-state index contributed by atoms with van der Waals surface area (Å²) in [5.74, 6) is 0. The maximum absolute atomic E-state index is 5.63. The van der Waals surface area contributed by atoms with E-state index in [0.717, 1.165) is 19.6 Å². The molecule has 4 nitrogen and oxygen atoms in total. The van der Waals surface area contributed by atoms with Gasteiger partial charge >= 0.3 is 0 Å². The second-order valence-corrected chi connectivity index (χ2v) is 3.61. The van der Waals surface area contributed by atoms with Gasteiger partial charge in [0.25, 0.3) is 0 Å². The lowest BCUT2D eigenvalue weighted by Gasteiger charge is -2.19. The maximum atomic E-state index is 5.63. The van der Waals surface area contributed by atoms with E-state index in [4.69, 9.17) is 14.2 Å². The molecule has 0 rings (SSSR count). The predicted octanol–water partition coefficient (Wildman–Crippen LogP) is 1.05. The summed E-state index contributed by atoms with van der Waals surface area (Å²) in [5.41, 5.74) is 0. The average Bonchev–Trinajstić information content (AvgIpc) is 2.26. The van der Waals surface area contributed by atoms with Gasteiger partial charge in [-0.05, 0) is 27.3 Å². The second-order valence-electron chi connectivity index (χ2n) is 3.61. The molecule has 0 bridgehead atoms. The van der Waals surface area contributed by atoms with Crippen LogP contribution in [0.2, 0.25) is 0 Å². The lowest BCUT2D eigenvalue weighted by molar-refractivity contribution is 0.0193. The van der Waals surface area contributed by atoms with Crippen molar-refractivity contribution in [1.29, 1.82) is 0 Å². The Morgan fingerprint density at radius 3 is 2.40 bits per heavy atom. The van der Waals surface area contributed by atoms with Crippen molar-refractivity contribution in [1.82, 2.24) is 5.32 Å². The number of hydrogen-bond acceptors (Lipinski definition) is 4. The van der Waals surface area contributed by atoms with Crippen LogP contribution in [0.15, 0.2) is 0 Å². The zero-order chi connectivity index (χ0) is 11.5. The van der Waals surface area contributed by atoms with E-state index in [-0.39, 0.29) is 6.10 Å². The highest BCUT2D eigenvalue weighted by molar-refractivity contribution is 4.65. The number of ether oxygens (including phenoxy) is 3. The number of likely N-dealkylation sites (N-methyl/N-ethyl adjacent to an activating group) is 1. The molecule has 0 aliphatic carbocycles. The molecule has 92 valence electrons. The van der Waals surface area contributed by atoms with Crippen LogP contribution in [0.3, 0.4) is 0 Å². The second kappa shape index (κ2) is 10.4. The molecule has 15 heavy (non-hydrogen) atoms. The minimum Gasteiger partial charge on any atom is -0.382 e. The first-order valence-electron chi connectivity index (χ1n) is 5.58. The van der Waals surface area contributed by atoms with E-state index in [1.807, 2.05) is 7.05 Å². The first-order chi connectivity index (χ1) is 7.22. The van der Waals surface area contributed by atoms with Crippen molar-refractivity contribution < 1.29 is 14.2 Å². The van der Waals surface area contributed by atoms with Crippen LogP contribution in [0.5, 0.6) is 0 Å². The van der Waals surface area contributed by atoms with E-state index in [1.54, 1.807) is 7.11 Å². The Morgan fingerprint density at radius 1 is 1.07 bits per heavy atom. The highest BCUT2D eigenvalue weighted by Crippen LogP contribution is 1.98. The van der Waals surface area contributed by atoms with Crippen LogP contribution in [-0.4, -0.2) is 52.7 Å². The standard InChI is InChI=1S/C11H25NO3/c1-10(12-3)11(2)15-7-5-6-14-9-8-13-4/h10-12H,5-9H2,1-4H3. The van der Waals surface area contributed by atoms with Crippen molar-refractivity contribution in [3.8, 4) is 0 Å². The Hall–Kier alpha value is -0.160. The monoisotopic (exact) mass is 219 g/mol. The summed E-state index contributed by atoms with van der Waals surface area (Å²) in [6.45, 7) is 7.00. The Kier molecular flexibility index (Phi) is 10.3. The molecule has 0 aliphatic heterocycles. The van der Waals surface area contributed by atoms with Crippen LogP contribution in [0.4, 0.5) is 0 Å². The first kappa shape index (κ1) is 14.8. The lowest BCUT2D eigenvalue weighted by atomic mass is 10.2. The third kappa shape index (κ3) is 8.81. The smallest absolute Gasteiger partial charge is 0.0700 e. The van der Waals surface area contributed by atoms with Crippen molar-refractivity contribution in [3.05, 3.63) is 0 Å². The third-order valence-electron chi connectivity index (χ3n) is 2.41. The lowest BCUT2D eigenvalue weighted by Crippen LogP contribution is -2.34. The van der Waals surface area contributed by atoms with Crippen LogP contribution in [0.1, 0.15) is 20.3 Å². The van der Waals surface area contributed by atoms with E-state index in [9.17, 15) is 0 Å². The molecular weight excluding hydrogens is 194 g/mol. The van der Waals surface area contributed by atoms with Gasteiger partial charge in [0.05, 0.1) is 19.3 Å². The summed E-state index contributed by atoms with van der Waals surface area (Å²) in [6.07, 6.45) is 1.18. The molecule has 0 heterocycles. The van der Waals surface area contributed by atoms with Gasteiger partial charge in [0, 0.05) is 26.4 Å². The summed E-state index contributed by atoms with van der Waals surface area (Å²) in [7, 11) is 3.62. The fourth-order valence-corrected chi connectivity index (χ4v) is 1.05. The highest BCUT2D eigenvalue weighted by atomic mass is 16.5. The molecule has 0 saturated carbocycles. The van der Waals surface area contributed by atoms with Crippen LogP contribution < -0.4 is 5.32 Å². The maximum Gasteiger partial charge on any atom is 0.0700 e. The van der Waals surface area contributed by atoms with Gasteiger partial charge in [-0.2, -0.15) is 0 Å². The van der Waals surface area contributed by atoms with Gasteiger partial charge in [-0.15, -0.1) is 0 Å². The van der Waals surface area contributed by atoms with Crippen molar-refractivity contribution in [2.75, 3.05) is 40.6 Å². The number of rotatable bonds is 10. The molecule has 0 aromatic rings. The number of methoxy groups -OCH3 is 1. The summed E-state index contributed by atoms with van der Waals surface area (Å²) in [5, 5.41) is 3.16. The molecule has 0 aromatic carbocycles. The van der Waals surface area contributed by atoms with E-state index in [2.05, 4.69) is 19.2 Å². The normalized spacial score (nSPS) is 15.2. The molecule has 0 saturated heterocycles. The highest BCUT2D eigenvalue weighted by Gasteiger charge is 2.08.